The topological polar surface area (TPSA) is 81.8 Å². The first-order chi connectivity index (χ1) is 13.5. The normalized spacial score (nSPS) is 29.4. The van der Waals surface area contributed by atoms with E-state index in [0.29, 0.717) is 5.56 Å². The fourth-order valence-electron chi connectivity index (χ4n) is 5.01. The van der Waals surface area contributed by atoms with Crippen LogP contribution in [0.4, 0.5) is 14.5 Å². The van der Waals surface area contributed by atoms with Gasteiger partial charge in [0.1, 0.15) is 6.04 Å². The van der Waals surface area contributed by atoms with Crippen LogP contribution in [0.5, 0.6) is 0 Å². The summed E-state index contributed by atoms with van der Waals surface area (Å²) in [6.07, 6.45) is 2.13. The number of benzene rings is 1. The Morgan fingerprint density at radius 3 is 2.39 bits per heavy atom. The number of carbonyl (C=O) groups is 3. The van der Waals surface area contributed by atoms with Crippen LogP contribution in [-0.2, 0) is 16.1 Å². The van der Waals surface area contributed by atoms with E-state index in [4.69, 9.17) is 0 Å². The molecule has 0 aliphatic carbocycles. The minimum absolute atomic E-state index is 0.0338. The van der Waals surface area contributed by atoms with Gasteiger partial charge in [-0.15, -0.1) is 0 Å². The monoisotopic (exact) mass is 390 g/mol. The van der Waals surface area contributed by atoms with E-state index in [0.717, 1.165) is 25.9 Å². The Hall–Kier alpha value is -2.55. The van der Waals surface area contributed by atoms with Gasteiger partial charge in [0, 0.05) is 38.1 Å². The van der Waals surface area contributed by atoms with E-state index in [2.05, 4.69) is 10.6 Å². The van der Waals surface area contributed by atoms with Crippen molar-refractivity contribution in [1.82, 2.24) is 15.5 Å². The maximum atomic E-state index is 15.0. The summed E-state index contributed by atoms with van der Waals surface area (Å²) in [4.78, 5) is 39.4. The van der Waals surface area contributed by atoms with Gasteiger partial charge in [-0.1, -0.05) is 0 Å². The van der Waals surface area contributed by atoms with Crippen molar-refractivity contribution in [1.29, 1.82) is 0 Å². The van der Waals surface area contributed by atoms with E-state index in [1.54, 1.807) is 6.07 Å². The molecule has 7 nitrogen and oxygen atoms in total. The summed E-state index contributed by atoms with van der Waals surface area (Å²) in [5.74, 6) is -3.81. The van der Waals surface area contributed by atoms with E-state index < -0.39 is 29.5 Å². The standard InChI is InChI=1S/C19H20F2N4O3/c20-16-13(25-10-1-2-11(25)7-22-6-10)5-9-8-24(19(28)15(9)17(16)21)12-3-4-14(26)23-18(12)27/h5,10-12,22H,1-4,6-8H2,(H,23,26,27). The molecule has 1 aromatic rings. The Balaban J connectivity index is 1.50. The molecule has 2 bridgehead atoms. The van der Waals surface area contributed by atoms with Crippen molar-refractivity contribution in [2.75, 3.05) is 18.0 Å². The zero-order valence-electron chi connectivity index (χ0n) is 15.1. The smallest absolute Gasteiger partial charge is 0.258 e. The molecule has 148 valence electrons. The van der Waals surface area contributed by atoms with Crippen molar-refractivity contribution >= 4 is 23.4 Å². The number of imide groups is 1. The van der Waals surface area contributed by atoms with Gasteiger partial charge in [0.05, 0.1) is 11.3 Å². The molecule has 4 heterocycles. The molecule has 0 radical (unpaired) electrons. The highest BCUT2D eigenvalue weighted by molar-refractivity contribution is 6.05. The maximum Gasteiger partial charge on any atom is 0.258 e. The van der Waals surface area contributed by atoms with Crippen LogP contribution in [0.15, 0.2) is 6.07 Å². The second-order valence-corrected chi connectivity index (χ2v) is 7.91. The summed E-state index contributed by atoms with van der Waals surface area (Å²) in [6, 6.07) is 0.927. The van der Waals surface area contributed by atoms with E-state index in [1.807, 2.05) is 4.90 Å². The van der Waals surface area contributed by atoms with E-state index in [9.17, 15) is 23.2 Å². The molecule has 28 heavy (non-hydrogen) atoms. The Morgan fingerprint density at radius 1 is 1.00 bits per heavy atom. The lowest BCUT2D eigenvalue weighted by atomic mass is 10.0. The molecule has 5 rings (SSSR count). The second-order valence-electron chi connectivity index (χ2n) is 7.91. The summed E-state index contributed by atoms with van der Waals surface area (Å²) in [5, 5.41) is 5.51. The first-order valence-corrected chi connectivity index (χ1v) is 9.60. The molecule has 0 spiro atoms. The molecule has 3 fully saturated rings. The molecule has 9 heteroatoms. The third-order valence-electron chi connectivity index (χ3n) is 6.33. The molecule has 3 unspecified atom stereocenters. The number of halogens is 2. The fraction of sp³-hybridized carbons (Fsp3) is 0.526. The minimum Gasteiger partial charge on any atom is -0.361 e. The van der Waals surface area contributed by atoms with Crippen LogP contribution in [0.1, 0.15) is 41.6 Å². The van der Waals surface area contributed by atoms with Crippen LogP contribution in [0.2, 0.25) is 0 Å². The van der Waals surface area contributed by atoms with Crippen LogP contribution >= 0.6 is 0 Å². The first kappa shape index (κ1) is 17.5. The number of amides is 3. The number of anilines is 1. The lowest BCUT2D eigenvalue weighted by Crippen LogP contribution is -2.52. The highest BCUT2D eigenvalue weighted by atomic mass is 19.2. The molecule has 2 N–H and O–H groups in total. The quantitative estimate of drug-likeness (QED) is 0.726. The van der Waals surface area contributed by atoms with Gasteiger partial charge < -0.3 is 15.1 Å². The number of piperidine rings is 1. The molecule has 3 saturated heterocycles. The number of fused-ring (bicyclic) bond motifs is 3. The average molecular weight is 390 g/mol. The van der Waals surface area contributed by atoms with Crippen LogP contribution in [-0.4, -0.2) is 53.8 Å². The summed E-state index contributed by atoms with van der Waals surface area (Å²) in [6.45, 7) is 1.47. The lowest BCUT2D eigenvalue weighted by molar-refractivity contribution is -0.136. The van der Waals surface area contributed by atoms with Gasteiger partial charge >= 0.3 is 0 Å². The number of rotatable bonds is 2. The van der Waals surface area contributed by atoms with Gasteiger partial charge in [0.2, 0.25) is 11.8 Å². The Morgan fingerprint density at radius 2 is 1.71 bits per heavy atom. The van der Waals surface area contributed by atoms with Crippen molar-refractivity contribution in [3.8, 4) is 0 Å². The van der Waals surface area contributed by atoms with Crippen molar-refractivity contribution in [2.45, 2.75) is 50.4 Å². The molecular weight excluding hydrogens is 370 g/mol. The van der Waals surface area contributed by atoms with E-state index in [1.165, 1.54) is 4.90 Å². The van der Waals surface area contributed by atoms with Gasteiger partial charge in [-0.3, -0.25) is 19.7 Å². The summed E-state index contributed by atoms with van der Waals surface area (Å²) >= 11 is 0. The lowest BCUT2D eigenvalue weighted by Gasteiger charge is -2.37. The molecule has 3 atom stereocenters. The average Bonchev–Trinajstić information content (AvgIpc) is 3.10. The zero-order chi connectivity index (χ0) is 19.6. The minimum atomic E-state index is -1.15. The number of nitrogens with one attached hydrogen (secondary N) is 2. The van der Waals surface area contributed by atoms with Gasteiger partial charge in [-0.05, 0) is 30.9 Å². The van der Waals surface area contributed by atoms with Crippen molar-refractivity contribution in [2.24, 2.45) is 0 Å². The van der Waals surface area contributed by atoms with Crippen LogP contribution in [0.3, 0.4) is 0 Å². The van der Waals surface area contributed by atoms with Gasteiger partial charge in [0.25, 0.3) is 5.91 Å². The Bertz CT molecular complexity index is 890. The van der Waals surface area contributed by atoms with Crippen molar-refractivity contribution < 1.29 is 23.2 Å². The summed E-state index contributed by atoms with van der Waals surface area (Å²) in [7, 11) is 0. The number of piperazine rings is 1. The summed E-state index contributed by atoms with van der Waals surface area (Å²) < 4.78 is 29.9. The number of carbonyl (C=O) groups excluding carboxylic acids is 3. The Kier molecular flexibility index (Phi) is 3.90. The van der Waals surface area contributed by atoms with Gasteiger partial charge in [-0.25, -0.2) is 8.78 Å². The SMILES string of the molecule is O=C1CCC(N2Cc3cc(N4C5CCC4CNC5)c(F)c(F)c3C2=O)C(=O)N1. The number of hydrogen-bond acceptors (Lipinski definition) is 5. The van der Waals surface area contributed by atoms with Gasteiger partial charge in [-0.2, -0.15) is 0 Å². The molecule has 0 saturated carbocycles. The molecule has 4 aliphatic rings. The van der Waals surface area contributed by atoms with Crippen LogP contribution in [0.25, 0.3) is 0 Å². The maximum absolute atomic E-state index is 15.0. The Labute approximate surface area is 160 Å². The van der Waals surface area contributed by atoms with Crippen LogP contribution in [0, 0.1) is 11.6 Å². The fourth-order valence-corrected chi connectivity index (χ4v) is 5.01. The second kappa shape index (κ2) is 6.23. The largest absolute Gasteiger partial charge is 0.361 e. The van der Waals surface area contributed by atoms with E-state index >= 15 is 0 Å². The van der Waals surface area contributed by atoms with Gasteiger partial charge in [0.15, 0.2) is 11.6 Å². The predicted octanol–water partition coefficient (Wildman–Crippen LogP) is 0.666. The predicted molar refractivity (Wildman–Crippen MR) is 94.6 cm³/mol. The molecule has 0 aromatic heterocycles. The van der Waals surface area contributed by atoms with Crippen molar-refractivity contribution in [3.05, 3.63) is 28.8 Å². The number of nitrogens with zero attached hydrogens (tertiary/aromatic N) is 2. The van der Waals surface area contributed by atoms with Crippen molar-refractivity contribution in [3.63, 3.8) is 0 Å². The van der Waals surface area contributed by atoms with Crippen LogP contribution < -0.4 is 15.5 Å². The van der Waals surface area contributed by atoms with E-state index in [-0.39, 0.29) is 48.6 Å². The third-order valence-corrected chi connectivity index (χ3v) is 6.33. The first-order valence-electron chi connectivity index (χ1n) is 9.60. The molecular formula is C19H20F2N4O3. The highest BCUT2D eigenvalue weighted by Crippen LogP contribution is 2.39. The molecule has 1 aromatic carbocycles. The third kappa shape index (κ3) is 2.45. The molecule has 3 amide bonds. The zero-order valence-corrected chi connectivity index (χ0v) is 15.1. The number of hydrogen-bond donors (Lipinski definition) is 2. The highest BCUT2D eigenvalue weighted by Gasteiger charge is 2.44. The molecule has 4 aliphatic heterocycles. The summed E-state index contributed by atoms with van der Waals surface area (Å²) in [5.41, 5.74) is 0.290.